The van der Waals surface area contributed by atoms with E-state index in [1.54, 1.807) is 7.11 Å². The maximum atomic E-state index is 5.39. The van der Waals surface area contributed by atoms with E-state index in [0.717, 1.165) is 30.2 Å². The molecule has 2 N–H and O–H groups in total. The lowest BCUT2D eigenvalue weighted by Crippen LogP contribution is -2.11. The highest BCUT2D eigenvalue weighted by Crippen LogP contribution is 2.26. The summed E-state index contributed by atoms with van der Waals surface area (Å²) in [6, 6.07) is 10.3. The molecule has 1 aromatic heterocycles. The van der Waals surface area contributed by atoms with E-state index in [4.69, 9.17) is 4.74 Å². The van der Waals surface area contributed by atoms with E-state index in [1.165, 1.54) is 5.56 Å². The Kier molecular flexibility index (Phi) is 4.47. The second-order valence-corrected chi connectivity index (χ2v) is 4.82. The number of aromatic nitrogens is 1. The minimum Gasteiger partial charge on any atom is -0.495 e. The molecular formula is C15H21N3O. The van der Waals surface area contributed by atoms with Crippen molar-refractivity contribution < 1.29 is 4.74 Å². The first-order chi connectivity index (χ1) is 9.19. The molecule has 2 aromatic rings. The van der Waals surface area contributed by atoms with Crippen LogP contribution < -0.4 is 10.1 Å². The van der Waals surface area contributed by atoms with Gasteiger partial charge in [-0.15, -0.1) is 0 Å². The van der Waals surface area contributed by atoms with Gasteiger partial charge in [-0.05, 0) is 43.9 Å². The molecule has 0 saturated carbocycles. The van der Waals surface area contributed by atoms with Crippen molar-refractivity contribution in [3.8, 4) is 5.75 Å². The minimum atomic E-state index is 0.759. The zero-order valence-electron chi connectivity index (χ0n) is 11.7. The van der Waals surface area contributed by atoms with Crippen LogP contribution in [0.5, 0.6) is 5.75 Å². The number of nitrogens with one attached hydrogen (secondary N) is 2. The number of ether oxygens (including phenoxy) is 1. The number of H-pyrrole nitrogens is 1. The van der Waals surface area contributed by atoms with Crippen molar-refractivity contribution in [3.63, 3.8) is 0 Å². The lowest BCUT2D eigenvalue weighted by Gasteiger charge is -2.15. The average Bonchev–Trinajstić information content (AvgIpc) is 2.89. The standard InChI is InChI=1S/C15H21N3O/c1-18(2)11-12-6-7-15(19-3)14(9-12)17-10-13-5-4-8-16-13/h4-9,16-17H,10-11H2,1-3H3. The molecule has 0 aliphatic heterocycles. The van der Waals surface area contributed by atoms with E-state index in [1.807, 2.05) is 18.3 Å². The average molecular weight is 259 g/mol. The summed E-state index contributed by atoms with van der Waals surface area (Å²) in [6.07, 6.45) is 1.93. The first-order valence-corrected chi connectivity index (χ1v) is 6.37. The molecule has 0 unspecified atom stereocenters. The number of benzene rings is 1. The third-order valence-corrected chi connectivity index (χ3v) is 2.89. The van der Waals surface area contributed by atoms with Crippen LogP contribution in [-0.2, 0) is 13.1 Å². The van der Waals surface area contributed by atoms with Crippen molar-refractivity contribution in [1.82, 2.24) is 9.88 Å². The van der Waals surface area contributed by atoms with Crippen LogP contribution in [-0.4, -0.2) is 31.1 Å². The summed E-state index contributed by atoms with van der Waals surface area (Å²) < 4.78 is 5.39. The Balaban J connectivity index is 2.11. The van der Waals surface area contributed by atoms with Crippen LogP contribution in [0.15, 0.2) is 36.5 Å². The van der Waals surface area contributed by atoms with Crippen LogP contribution in [0.1, 0.15) is 11.3 Å². The molecule has 0 bridgehead atoms. The number of hydrogen-bond donors (Lipinski definition) is 2. The smallest absolute Gasteiger partial charge is 0.141 e. The summed E-state index contributed by atoms with van der Waals surface area (Å²) in [5.74, 6) is 0.870. The predicted octanol–water partition coefficient (Wildman–Crippen LogP) is 2.70. The summed E-state index contributed by atoms with van der Waals surface area (Å²) in [6.45, 7) is 1.68. The van der Waals surface area contributed by atoms with Crippen molar-refractivity contribution >= 4 is 5.69 Å². The lowest BCUT2D eigenvalue weighted by molar-refractivity contribution is 0.400. The van der Waals surface area contributed by atoms with Gasteiger partial charge in [0, 0.05) is 18.4 Å². The molecule has 1 aromatic carbocycles. The topological polar surface area (TPSA) is 40.3 Å². The van der Waals surface area contributed by atoms with Gasteiger partial charge in [-0.2, -0.15) is 0 Å². The maximum Gasteiger partial charge on any atom is 0.141 e. The molecule has 0 fully saturated rings. The Hall–Kier alpha value is -1.94. The van der Waals surface area contributed by atoms with Crippen LogP contribution >= 0.6 is 0 Å². The molecule has 0 spiro atoms. The van der Waals surface area contributed by atoms with Crippen molar-refractivity contribution in [2.75, 3.05) is 26.5 Å². The summed E-state index contributed by atoms with van der Waals surface area (Å²) in [7, 11) is 5.83. The highest BCUT2D eigenvalue weighted by molar-refractivity contribution is 5.58. The number of methoxy groups -OCH3 is 1. The van der Waals surface area contributed by atoms with Crippen LogP contribution in [0.2, 0.25) is 0 Å². The van der Waals surface area contributed by atoms with Gasteiger partial charge in [-0.25, -0.2) is 0 Å². The van der Waals surface area contributed by atoms with E-state index in [-0.39, 0.29) is 0 Å². The molecule has 0 saturated heterocycles. The molecular weight excluding hydrogens is 238 g/mol. The van der Waals surface area contributed by atoms with Gasteiger partial charge < -0.3 is 19.9 Å². The van der Waals surface area contributed by atoms with Crippen LogP contribution in [0.25, 0.3) is 0 Å². The Morgan fingerprint density at radius 1 is 1.26 bits per heavy atom. The van der Waals surface area contributed by atoms with Crippen LogP contribution in [0.4, 0.5) is 5.69 Å². The van der Waals surface area contributed by atoms with Crippen molar-refractivity contribution in [1.29, 1.82) is 0 Å². The van der Waals surface area contributed by atoms with Gasteiger partial charge in [0.2, 0.25) is 0 Å². The SMILES string of the molecule is COc1ccc(CN(C)C)cc1NCc1ccc[nH]1. The summed E-state index contributed by atoms with van der Waals surface area (Å²) in [5, 5.41) is 3.41. The molecule has 4 nitrogen and oxygen atoms in total. The number of aromatic amines is 1. The van der Waals surface area contributed by atoms with Gasteiger partial charge >= 0.3 is 0 Å². The molecule has 0 aliphatic rings. The van der Waals surface area contributed by atoms with E-state index in [2.05, 4.69) is 47.5 Å². The van der Waals surface area contributed by atoms with Gasteiger partial charge in [-0.3, -0.25) is 0 Å². The van der Waals surface area contributed by atoms with Gasteiger partial charge in [0.15, 0.2) is 0 Å². The first-order valence-electron chi connectivity index (χ1n) is 6.37. The van der Waals surface area contributed by atoms with Gasteiger partial charge in [0.1, 0.15) is 5.75 Å². The molecule has 0 aliphatic carbocycles. The second-order valence-electron chi connectivity index (χ2n) is 4.82. The normalized spacial score (nSPS) is 10.7. The molecule has 4 heteroatoms. The molecule has 0 amide bonds. The largest absolute Gasteiger partial charge is 0.495 e. The molecule has 19 heavy (non-hydrogen) atoms. The van der Waals surface area contributed by atoms with E-state index >= 15 is 0 Å². The molecule has 102 valence electrons. The Labute approximate surface area is 114 Å². The second kappa shape index (κ2) is 6.29. The summed E-state index contributed by atoms with van der Waals surface area (Å²) in [4.78, 5) is 5.33. The third kappa shape index (κ3) is 3.76. The maximum absolute atomic E-state index is 5.39. The van der Waals surface area contributed by atoms with Gasteiger partial charge in [0.05, 0.1) is 19.3 Å². The summed E-state index contributed by atoms with van der Waals surface area (Å²) >= 11 is 0. The predicted molar refractivity (Wildman–Crippen MR) is 78.5 cm³/mol. The summed E-state index contributed by atoms with van der Waals surface area (Å²) in [5.41, 5.74) is 3.44. The zero-order valence-corrected chi connectivity index (χ0v) is 11.7. The van der Waals surface area contributed by atoms with E-state index in [0.29, 0.717) is 0 Å². The minimum absolute atomic E-state index is 0.759. The highest BCUT2D eigenvalue weighted by Gasteiger charge is 2.05. The first kappa shape index (κ1) is 13.5. The Bertz CT molecular complexity index is 506. The fourth-order valence-electron chi connectivity index (χ4n) is 2.02. The zero-order chi connectivity index (χ0) is 13.7. The lowest BCUT2D eigenvalue weighted by atomic mass is 10.1. The van der Waals surface area contributed by atoms with Crippen LogP contribution in [0.3, 0.4) is 0 Å². The van der Waals surface area contributed by atoms with Gasteiger partial charge in [-0.1, -0.05) is 6.07 Å². The molecule has 2 rings (SSSR count). The number of rotatable bonds is 6. The van der Waals surface area contributed by atoms with E-state index in [9.17, 15) is 0 Å². The van der Waals surface area contributed by atoms with Gasteiger partial charge in [0.25, 0.3) is 0 Å². The quantitative estimate of drug-likeness (QED) is 0.838. The Morgan fingerprint density at radius 2 is 2.11 bits per heavy atom. The van der Waals surface area contributed by atoms with Crippen LogP contribution in [0, 0.1) is 0 Å². The number of anilines is 1. The van der Waals surface area contributed by atoms with Crippen molar-refractivity contribution in [2.45, 2.75) is 13.1 Å². The number of hydrogen-bond acceptors (Lipinski definition) is 3. The van der Waals surface area contributed by atoms with E-state index < -0.39 is 0 Å². The monoisotopic (exact) mass is 259 g/mol. The fraction of sp³-hybridized carbons (Fsp3) is 0.333. The molecule has 1 heterocycles. The third-order valence-electron chi connectivity index (χ3n) is 2.89. The fourth-order valence-corrected chi connectivity index (χ4v) is 2.02. The Morgan fingerprint density at radius 3 is 2.74 bits per heavy atom. The van der Waals surface area contributed by atoms with Crippen molar-refractivity contribution in [3.05, 3.63) is 47.8 Å². The van der Waals surface area contributed by atoms with Crippen molar-refractivity contribution in [2.24, 2.45) is 0 Å². The molecule has 0 atom stereocenters. The number of nitrogens with zero attached hydrogens (tertiary/aromatic N) is 1. The highest BCUT2D eigenvalue weighted by atomic mass is 16.5. The molecule has 0 radical (unpaired) electrons.